The van der Waals surface area contributed by atoms with E-state index in [9.17, 15) is 29.1 Å². The van der Waals surface area contributed by atoms with Crippen molar-refractivity contribution >= 4 is 52.3 Å². The van der Waals surface area contributed by atoms with Gasteiger partial charge in [-0.25, -0.2) is 0 Å². The summed E-state index contributed by atoms with van der Waals surface area (Å²) < 4.78 is 0. The molecule has 0 spiro atoms. The average molecular weight is 611 g/mol. The van der Waals surface area contributed by atoms with Crippen LogP contribution in [0.4, 0.5) is 0 Å². The van der Waals surface area contributed by atoms with Crippen LogP contribution < -0.4 is 27.4 Å². The monoisotopic (exact) mass is 610 g/mol. The second-order valence-electron chi connectivity index (χ2n) is 10.6. The highest BCUT2D eigenvalue weighted by Gasteiger charge is 2.35. The molecular weight excluding hydrogens is 572 g/mol. The molecule has 0 bridgehead atoms. The van der Waals surface area contributed by atoms with E-state index in [-0.39, 0.29) is 19.3 Å². The lowest BCUT2D eigenvalue weighted by atomic mass is 9.92. The van der Waals surface area contributed by atoms with Gasteiger partial charge >= 0.3 is 5.97 Å². The zero-order valence-corrected chi connectivity index (χ0v) is 24.9. The van der Waals surface area contributed by atoms with Crippen molar-refractivity contribution in [3.05, 3.63) is 71.9 Å². The van der Waals surface area contributed by atoms with Crippen LogP contribution in [0.5, 0.6) is 0 Å². The van der Waals surface area contributed by atoms with Crippen molar-refractivity contribution in [2.75, 3.05) is 12.0 Å². The molecule has 0 radical (unpaired) electrons. The number of amides is 4. The Balaban J connectivity index is 1.73. The van der Waals surface area contributed by atoms with Crippen molar-refractivity contribution in [3.8, 4) is 0 Å². The van der Waals surface area contributed by atoms with Gasteiger partial charge in [0, 0.05) is 29.9 Å². The van der Waals surface area contributed by atoms with Crippen LogP contribution in [0.25, 0.3) is 10.9 Å². The third-order valence-electron chi connectivity index (χ3n) is 6.94. The SMILES string of the molecule is CSCC[C@H](NC(=O)[C@@](C)(N)Cc1c[nH]c2ccccc12)C(=O)N[C@@H](CC(=O)O)C(=O)N[C@@H](Cc1ccccc1)C(N)=O. The molecule has 3 rings (SSSR count). The van der Waals surface area contributed by atoms with Gasteiger partial charge in [0.25, 0.3) is 0 Å². The van der Waals surface area contributed by atoms with Gasteiger partial charge in [0.2, 0.25) is 23.6 Å². The van der Waals surface area contributed by atoms with E-state index in [0.29, 0.717) is 5.75 Å². The van der Waals surface area contributed by atoms with Gasteiger partial charge in [-0.2, -0.15) is 11.8 Å². The molecule has 0 aliphatic heterocycles. The standard InChI is InChI=1S/C30H38N6O6S/c1-30(32,16-19-17-33-21-11-7-6-10-20(19)21)29(42)36-22(12-13-43-2)27(40)35-24(15-25(37)38)28(41)34-23(26(31)39)14-18-8-4-3-5-9-18/h3-11,17,22-24,33H,12-16,32H2,1-2H3,(H2,31,39)(H,34,41)(H,35,40)(H,36,42)(H,37,38)/t22-,23-,24-,30-/m0/s1. The Labute approximate surface area is 253 Å². The molecule has 0 fully saturated rings. The molecule has 0 saturated heterocycles. The number of aromatic amines is 1. The molecule has 43 heavy (non-hydrogen) atoms. The van der Waals surface area contributed by atoms with Crippen molar-refractivity contribution < 1.29 is 29.1 Å². The lowest BCUT2D eigenvalue weighted by Gasteiger charge is -2.28. The summed E-state index contributed by atoms with van der Waals surface area (Å²) in [6.07, 6.45) is 3.31. The number of aromatic nitrogens is 1. The number of thioether (sulfide) groups is 1. The van der Waals surface area contributed by atoms with Crippen LogP contribution in [0.3, 0.4) is 0 Å². The minimum Gasteiger partial charge on any atom is -0.481 e. The molecule has 0 saturated carbocycles. The normalized spacial score (nSPS) is 14.6. The van der Waals surface area contributed by atoms with E-state index >= 15 is 0 Å². The summed E-state index contributed by atoms with van der Waals surface area (Å²) in [4.78, 5) is 66.6. The fourth-order valence-corrected chi connectivity index (χ4v) is 5.05. The Kier molecular flexibility index (Phi) is 11.7. The number of carboxylic acids is 1. The van der Waals surface area contributed by atoms with Gasteiger partial charge in [0.05, 0.1) is 12.0 Å². The van der Waals surface area contributed by atoms with Crippen LogP contribution in [0, 0.1) is 0 Å². The fraction of sp³-hybridized carbons (Fsp3) is 0.367. The summed E-state index contributed by atoms with van der Waals surface area (Å²) in [6, 6.07) is 12.6. The second kappa shape index (κ2) is 15.2. The number of nitrogens with two attached hydrogens (primary N) is 2. The summed E-state index contributed by atoms with van der Waals surface area (Å²) in [5, 5.41) is 17.9. The van der Waals surface area contributed by atoms with Crippen molar-refractivity contribution in [1.82, 2.24) is 20.9 Å². The largest absolute Gasteiger partial charge is 0.481 e. The highest BCUT2D eigenvalue weighted by Crippen LogP contribution is 2.22. The van der Waals surface area contributed by atoms with Gasteiger partial charge in [0.15, 0.2) is 0 Å². The fourth-order valence-electron chi connectivity index (χ4n) is 4.58. The van der Waals surface area contributed by atoms with Gasteiger partial charge in [-0.3, -0.25) is 24.0 Å². The Hall–Kier alpha value is -4.36. The smallest absolute Gasteiger partial charge is 0.305 e. The van der Waals surface area contributed by atoms with Crippen LogP contribution >= 0.6 is 11.8 Å². The number of rotatable bonds is 16. The van der Waals surface area contributed by atoms with E-state index in [0.717, 1.165) is 22.0 Å². The Morgan fingerprint density at radius 3 is 2.21 bits per heavy atom. The molecule has 0 aliphatic rings. The van der Waals surface area contributed by atoms with Gasteiger partial charge in [-0.15, -0.1) is 0 Å². The molecule has 9 N–H and O–H groups in total. The molecular formula is C30H38N6O6S. The number of hydrogen-bond acceptors (Lipinski definition) is 7. The Morgan fingerprint density at radius 2 is 1.56 bits per heavy atom. The van der Waals surface area contributed by atoms with E-state index in [2.05, 4.69) is 20.9 Å². The molecule has 0 unspecified atom stereocenters. The van der Waals surface area contributed by atoms with Crippen LogP contribution in [0.15, 0.2) is 60.8 Å². The predicted octanol–water partition coefficient (Wildman–Crippen LogP) is 0.838. The first-order valence-electron chi connectivity index (χ1n) is 13.7. The number of hydrogen-bond donors (Lipinski definition) is 7. The molecule has 0 aliphatic carbocycles. The number of aliphatic carboxylic acids is 1. The van der Waals surface area contributed by atoms with Gasteiger partial charge in [-0.1, -0.05) is 48.5 Å². The van der Waals surface area contributed by atoms with Crippen molar-refractivity contribution in [2.45, 2.75) is 56.3 Å². The van der Waals surface area contributed by atoms with E-state index in [1.807, 2.05) is 30.5 Å². The molecule has 13 heteroatoms. The van der Waals surface area contributed by atoms with E-state index < -0.39 is 59.7 Å². The summed E-state index contributed by atoms with van der Waals surface area (Å²) in [5.74, 6) is -3.93. The highest BCUT2D eigenvalue weighted by atomic mass is 32.2. The minimum absolute atomic E-state index is 0.0770. The lowest BCUT2D eigenvalue weighted by Crippen LogP contribution is -2.60. The number of carbonyl (C=O) groups is 5. The van der Waals surface area contributed by atoms with Gasteiger partial charge < -0.3 is 37.5 Å². The summed E-state index contributed by atoms with van der Waals surface area (Å²) in [6.45, 7) is 1.56. The maximum Gasteiger partial charge on any atom is 0.305 e. The number of carbonyl (C=O) groups excluding carboxylic acids is 4. The van der Waals surface area contributed by atoms with Crippen molar-refractivity contribution in [3.63, 3.8) is 0 Å². The van der Waals surface area contributed by atoms with Crippen LogP contribution in [-0.2, 0) is 36.8 Å². The second-order valence-corrected chi connectivity index (χ2v) is 11.6. The van der Waals surface area contributed by atoms with Crippen molar-refractivity contribution in [1.29, 1.82) is 0 Å². The summed E-state index contributed by atoms with van der Waals surface area (Å²) in [7, 11) is 0. The average Bonchev–Trinajstić information content (AvgIpc) is 3.36. The summed E-state index contributed by atoms with van der Waals surface area (Å²) >= 11 is 1.44. The highest BCUT2D eigenvalue weighted by molar-refractivity contribution is 7.98. The first-order chi connectivity index (χ1) is 20.4. The molecule has 2 aromatic carbocycles. The van der Waals surface area contributed by atoms with Gasteiger partial charge in [-0.05, 0) is 42.5 Å². The minimum atomic E-state index is -1.54. The van der Waals surface area contributed by atoms with Crippen LogP contribution in [-0.4, -0.2) is 75.4 Å². The van der Waals surface area contributed by atoms with E-state index in [4.69, 9.17) is 11.5 Å². The Morgan fingerprint density at radius 1 is 0.930 bits per heavy atom. The van der Waals surface area contributed by atoms with Crippen molar-refractivity contribution in [2.24, 2.45) is 11.5 Å². The number of nitrogens with one attached hydrogen (secondary N) is 4. The van der Waals surface area contributed by atoms with Crippen LogP contribution in [0.2, 0.25) is 0 Å². The van der Waals surface area contributed by atoms with E-state index in [1.165, 1.54) is 11.8 Å². The number of benzene rings is 2. The summed E-state index contributed by atoms with van der Waals surface area (Å²) in [5.41, 5.74) is 13.0. The van der Waals surface area contributed by atoms with E-state index in [1.54, 1.807) is 43.5 Å². The number of carboxylic acid groups (broad SMARTS) is 1. The first-order valence-corrected chi connectivity index (χ1v) is 15.1. The topological polar surface area (TPSA) is 209 Å². The molecule has 4 amide bonds. The van der Waals surface area contributed by atoms with Gasteiger partial charge in [0.1, 0.15) is 18.1 Å². The number of H-pyrrole nitrogens is 1. The van der Waals surface area contributed by atoms with Crippen LogP contribution in [0.1, 0.15) is 30.9 Å². The molecule has 230 valence electrons. The third kappa shape index (κ3) is 9.58. The molecule has 1 heterocycles. The molecule has 4 atom stereocenters. The Bertz CT molecular complexity index is 1440. The lowest BCUT2D eigenvalue weighted by molar-refractivity contribution is -0.141. The molecule has 1 aromatic heterocycles. The number of primary amides is 1. The molecule has 3 aromatic rings. The zero-order chi connectivity index (χ0) is 31.6. The third-order valence-corrected chi connectivity index (χ3v) is 7.58. The quantitative estimate of drug-likeness (QED) is 0.123. The predicted molar refractivity (Wildman–Crippen MR) is 165 cm³/mol. The zero-order valence-electron chi connectivity index (χ0n) is 24.1. The number of para-hydroxylation sites is 1. The maximum absolute atomic E-state index is 13.4. The number of fused-ring (bicyclic) bond motifs is 1. The maximum atomic E-state index is 13.4. The first kappa shape index (κ1) is 33.1. The molecule has 12 nitrogen and oxygen atoms in total.